The Hall–Kier alpha value is -2.48. The third kappa shape index (κ3) is 2.24. The minimum absolute atomic E-state index is 0.0380. The van der Waals surface area contributed by atoms with E-state index in [9.17, 15) is 4.79 Å². The molecule has 1 aliphatic carbocycles. The van der Waals surface area contributed by atoms with Gasteiger partial charge in [0.05, 0.1) is 23.5 Å². The molecule has 1 saturated carbocycles. The predicted molar refractivity (Wildman–Crippen MR) is 92.3 cm³/mol. The monoisotopic (exact) mass is 398 g/mol. The van der Waals surface area contributed by atoms with Crippen molar-refractivity contribution in [1.82, 2.24) is 24.6 Å². The second-order valence-corrected chi connectivity index (χ2v) is 7.29. The Labute approximate surface area is 151 Å². The number of aromatic nitrogens is 4. The molecule has 0 atom stereocenters. The molecule has 2 aliphatic rings. The molecule has 3 heterocycles. The molecule has 5 rings (SSSR count). The zero-order valence-electron chi connectivity index (χ0n) is 13.4. The van der Waals surface area contributed by atoms with Gasteiger partial charge in [-0.3, -0.25) is 9.36 Å². The van der Waals surface area contributed by atoms with Gasteiger partial charge in [-0.15, -0.1) is 0 Å². The highest BCUT2D eigenvalue weighted by molar-refractivity contribution is 9.10. The molecule has 126 valence electrons. The van der Waals surface area contributed by atoms with Gasteiger partial charge in [0.25, 0.3) is 5.91 Å². The molecule has 25 heavy (non-hydrogen) atoms. The molecule has 1 fully saturated rings. The van der Waals surface area contributed by atoms with Crippen LogP contribution in [0.15, 0.2) is 33.5 Å². The first-order valence-electron chi connectivity index (χ1n) is 8.08. The van der Waals surface area contributed by atoms with Gasteiger partial charge in [0.1, 0.15) is 12.0 Å². The number of fused-ring (bicyclic) bond motifs is 3. The van der Waals surface area contributed by atoms with Crippen molar-refractivity contribution in [2.45, 2.75) is 25.3 Å². The zero-order chi connectivity index (χ0) is 17.1. The van der Waals surface area contributed by atoms with Crippen molar-refractivity contribution in [1.29, 1.82) is 0 Å². The van der Waals surface area contributed by atoms with Crippen LogP contribution in [0.25, 0.3) is 17.2 Å². The maximum Gasteiger partial charge on any atom is 0.257 e. The Morgan fingerprint density at radius 1 is 1.32 bits per heavy atom. The molecule has 3 aromatic rings. The summed E-state index contributed by atoms with van der Waals surface area (Å²) in [6.45, 7) is 0.419. The topological polar surface area (TPSA) is 77.1 Å². The second-order valence-electron chi connectivity index (χ2n) is 6.44. The first-order chi connectivity index (χ1) is 12.1. The van der Waals surface area contributed by atoms with Crippen LogP contribution in [0, 0.1) is 0 Å². The van der Waals surface area contributed by atoms with Gasteiger partial charge < -0.3 is 9.42 Å². The van der Waals surface area contributed by atoms with E-state index in [1.54, 1.807) is 18.3 Å². The lowest BCUT2D eigenvalue weighted by Crippen LogP contribution is -2.25. The van der Waals surface area contributed by atoms with Gasteiger partial charge in [-0.2, -0.15) is 4.98 Å². The number of carbonyl (C=O) groups excluding carboxylic acids is 1. The van der Waals surface area contributed by atoms with Gasteiger partial charge in [-0.1, -0.05) is 11.2 Å². The molecule has 1 aromatic carbocycles. The van der Waals surface area contributed by atoms with Crippen molar-refractivity contribution in [3.05, 3.63) is 46.1 Å². The van der Waals surface area contributed by atoms with E-state index in [-0.39, 0.29) is 5.91 Å². The summed E-state index contributed by atoms with van der Waals surface area (Å²) in [4.78, 5) is 23.5. The van der Waals surface area contributed by atoms with Crippen LogP contribution in [0.1, 0.15) is 40.7 Å². The standard InChI is InChI=1S/C17H14BrN5O2/c1-22-7-12-14(15-20-16(25-21-15)9-5-6-9)19-8-23(12)11-4-2-3-10(18)13(11)17(22)24/h2-4,8-9H,5-7H2,1H3/i1-1. The number of amides is 1. The summed E-state index contributed by atoms with van der Waals surface area (Å²) in [6.07, 6.45) is 3.92. The van der Waals surface area contributed by atoms with Crippen LogP contribution < -0.4 is 0 Å². The zero-order valence-corrected chi connectivity index (χ0v) is 15.0. The number of nitrogens with zero attached hydrogens (tertiary/aromatic N) is 5. The first kappa shape index (κ1) is 14.8. The van der Waals surface area contributed by atoms with Crippen molar-refractivity contribution >= 4 is 21.8 Å². The molecule has 1 aliphatic heterocycles. The second kappa shape index (κ2) is 5.26. The maximum absolute atomic E-state index is 12.8. The summed E-state index contributed by atoms with van der Waals surface area (Å²) in [5.41, 5.74) is 2.95. The van der Waals surface area contributed by atoms with E-state index in [0.29, 0.717) is 35.4 Å². The van der Waals surface area contributed by atoms with Crippen molar-refractivity contribution in [3.8, 4) is 17.2 Å². The number of hydrogen-bond donors (Lipinski definition) is 0. The lowest BCUT2D eigenvalue weighted by atomic mass is 10.1. The smallest absolute Gasteiger partial charge is 0.257 e. The Bertz CT molecular complexity index is 1000. The van der Waals surface area contributed by atoms with Crippen molar-refractivity contribution in [2.75, 3.05) is 7.05 Å². The molecule has 7 nitrogen and oxygen atoms in total. The fraction of sp³-hybridized carbons (Fsp3) is 0.294. The molecular formula is C17H14BrN5O2. The number of halogens is 1. The molecule has 0 saturated heterocycles. The van der Waals surface area contributed by atoms with Gasteiger partial charge >= 0.3 is 0 Å². The third-order valence-corrected chi connectivity index (χ3v) is 5.31. The summed E-state index contributed by atoms with van der Waals surface area (Å²) in [7, 11) is 1.78. The van der Waals surface area contributed by atoms with Crippen LogP contribution in [0.5, 0.6) is 0 Å². The third-order valence-electron chi connectivity index (χ3n) is 4.65. The Kier molecular flexibility index (Phi) is 3.12. The summed E-state index contributed by atoms with van der Waals surface area (Å²) in [5.74, 6) is 1.51. The van der Waals surface area contributed by atoms with Crippen LogP contribution in [-0.2, 0) is 6.54 Å². The molecule has 8 heteroatoms. The van der Waals surface area contributed by atoms with Crippen LogP contribution in [0.2, 0.25) is 0 Å². The summed E-state index contributed by atoms with van der Waals surface area (Å²) in [5, 5.41) is 4.10. The van der Waals surface area contributed by atoms with E-state index in [0.717, 1.165) is 28.7 Å². The van der Waals surface area contributed by atoms with E-state index in [4.69, 9.17) is 4.52 Å². The number of carbonyl (C=O) groups is 1. The van der Waals surface area contributed by atoms with Gasteiger partial charge in [-0.25, -0.2) is 4.98 Å². The minimum atomic E-state index is -0.0380. The summed E-state index contributed by atoms with van der Waals surface area (Å²) < 4.78 is 8.07. The minimum Gasteiger partial charge on any atom is -0.339 e. The average molecular weight is 399 g/mol. The quantitative estimate of drug-likeness (QED) is 0.662. The van der Waals surface area contributed by atoms with Crippen LogP contribution >= 0.6 is 15.9 Å². The highest BCUT2D eigenvalue weighted by atomic mass is 79.9. The summed E-state index contributed by atoms with van der Waals surface area (Å²) in [6, 6.07) is 5.69. The molecule has 0 spiro atoms. The highest BCUT2D eigenvalue weighted by Gasteiger charge is 2.32. The van der Waals surface area contributed by atoms with Gasteiger partial charge in [0.2, 0.25) is 11.7 Å². The van der Waals surface area contributed by atoms with Crippen molar-refractivity contribution in [3.63, 3.8) is 0 Å². The predicted octanol–water partition coefficient (Wildman–Crippen LogP) is 3.15. The Morgan fingerprint density at radius 3 is 2.96 bits per heavy atom. The average Bonchev–Trinajstić information content (AvgIpc) is 3.22. The number of benzene rings is 1. The number of hydrogen-bond acceptors (Lipinski definition) is 5. The molecule has 2 aromatic heterocycles. The first-order valence-corrected chi connectivity index (χ1v) is 8.87. The van der Waals surface area contributed by atoms with Crippen LogP contribution in [0.4, 0.5) is 0 Å². The van der Waals surface area contributed by atoms with E-state index in [1.165, 1.54) is 0 Å². The fourth-order valence-electron chi connectivity index (χ4n) is 3.16. The van der Waals surface area contributed by atoms with E-state index >= 15 is 0 Å². The van der Waals surface area contributed by atoms with Crippen LogP contribution in [-0.4, -0.2) is 37.5 Å². The number of rotatable bonds is 2. The summed E-state index contributed by atoms with van der Waals surface area (Å²) >= 11 is 3.49. The van der Waals surface area contributed by atoms with Crippen molar-refractivity contribution < 1.29 is 9.32 Å². The highest BCUT2D eigenvalue weighted by Crippen LogP contribution is 2.40. The maximum atomic E-state index is 12.8. The largest absolute Gasteiger partial charge is 0.339 e. The van der Waals surface area contributed by atoms with E-state index < -0.39 is 0 Å². The molecule has 0 N–H and O–H groups in total. The molecule has 0 unspecified atom stereocenters. The van der Waals surface area contributed by atoms with E-state index in [2.05, 4.69) is 31.1 Å². The lowest BCUT2D eigenvalue weighted by Gasteiger charge is -2.14. The SMILES string of the molecule is [11CH3]N1Cc2c(-c3noc(C4CC4)n3)ncn2-c2cccc(Br)c2C1=O. The Morgan fingerprint density at radius 2 is 2.16 bits per heavy atom. The lowest BCUT2D eigenvalue weighted by molar-refractivity contribution is 0.0787. The van der Waals surface area contributed by atoms with Crippen molar-refractivity contribution in [2.24, 2.45) is 0 Å². The van der Waals surface area contributed by atoms with E-state index in [1.807, 2.05) is 22.8 Å². The fourth-order valence-corrected chi connectivity index (χ4v) is 3.68. The van der Waals surface area contributed by atoms with Crippen LogP contribution in [0.3, 0.4) is 0 Å². The van der Waals surface area contributed by atoms with Gasteiger partial charge in [0, 0.05) is 17.4 Å². The molecular weight excluding hydrogens is 385 g/mol. The molecule has 0 radical (unpaired) electrons. The van der Waals surface area contributed by atoms with Gasteiger partial charge in [-0.05, 0) is 40.9 Å². The number of imidazole rings is 1. The van der Waals surface area contributed by atoms with Gasteiger partial charge in [0.15, 0.2) is 0 Å². The molecule has 0 bridgehead atoms. The normalized spacial score (nSPS) is 16.6. The Balaban J connectivity index is 1.69. The molecule has 1 amide bonds.